The summed E-state index contributed by atoms with van der Waals surface area (Å²) in [4.78, 5) is 21.8. The molecule has 0 saturated heterocycles. The molecule has 6 nitrogen and oxygen atoms in total. The van der Waals surface area contributed by atoms with E-state index in [2.05, 4.69) is 0 Å². The van der Waals surface area contributed by atoms with Crippen LogP contribution in [0.4, 0.5) is 5.88 Å². The van der Waals surface area contributed by atoms with Gasteiger partial charge in [0.15, 0.2) is 5.76 Å². The maximum Gasteiger partial charge on any atom is 0.433 e. The van der Waals surface area contributed by atoms with Crippen molar-refractivity contribution in [3.05, 3.63) is 57.8 Å². The molecule has 0 unspecified atom stereocenters. The van der Waals surface area contributed by atoms with E-state index in [1.807, 2.05) is 6.92 Å². The van der Waals surface area contributed by atoms with E-state index in [9.17, 15) is 14.9 Å². The van der Waals surface area contributed by atoms with Gasteiger partial charge in [0.05, 0.1) is 12.7 Å². The Kier molecular flexibility index (Phi) is 3.61. The number of hydrogen-bond donors (Lipinski definition) is 0. The molecule has 1 aromatic carbocycles. The second kappa shape index (κ2) is 5.34. The predicted octanol–water partition coefficient (Wildman–Crippen LogP) is 2.82. The molecule has 0 saturated carbocycles. The lowest BCUT2D eigenvalue weighted by Crippen LogP contribution is -2.00. The zero-order chi connectivity index (χ0) is 13.8. The molecule has 0 amide bonds. The molecule has 0 aliphatic rings. The van der Waals surface area contributed by atoms with Gasteiger partial charge in [0, 0.05) is 5.56 Å². The third-order valence-electron chi connectivity index (χ3n) is 2.42. The monoisotopic (exact) mass is 261 g/mol. The molecule has 19 heavy (non-hydrogen) atoms. The Bertz CT molecular complexity index is 600. The first-order chi connectivity index (χ1) is 9.11. The van der Waals surface area contributed by atoms with E-state index in [1.165, 1.54) is 6.07 Å². The summed E-state index contributed by atoms with van der Waals surface area (Å²) < 4.78 is 10.1. The Morgan fingerprint density at radius 3 is 2.47 bits per heavy atom. The van der Waals surface area contributed by atoms with Gasteiger partial charge in [-0.25, -0.2) is 0 Å². The Balaban J connectivity index is 2.20. The third kappa shape index (κ3) is 2.79. The fraction of sp³-hybridized carbons (Fsp3) is 0.154. The van der Waals surface area contributed by atoms with Crippen LogP contribution in [0, 0.1) is 10.1 Å². The van der Waals surface area contributed by atoms with Crippen LogP contribution in [0.15, 0.2) is 40.8 Å². The molecule has 0 fully saturated rings. The van der Waals surface area contributed by atoms with Crippen molar-refractivity contribution >= 4 is 11.7 Å². The SMILES string of the molecule is CCOc1ccc(C(=O)c2ccc([N+](=O)[O-])o2)cc1. The lowest BCUT2D eigenvalue weighted by atomic mass is 10.1. The molecule has 2 rings (SSSR count). The van der Waals surface area contributed by atoms with Gasteiger partial charge < -0.3 is 9.15 Å². The summed E-state index contributed by atoms with van der Waals surface area (Å²) in [7, 11) is 0. The molecule has 0 radical (unpaired) electrons. The van der Waals surface area contributed by atoms with E-state index in [0.717, 1.165) is 6.07 Å². The zero-order valence-electron chi connectivity index (χ0n) is 10.2. The van der Waals surface area contributed by atoms with Crippen molar-refractivity contribution in [2.75, 3.05) is 6.61 Å². The van der Waals surface area contributed by atoms with Gasteiger partial charge in [-0.05, 0) is 37.3 Å². The van der Waals surface area contributed by atoms with E-state index in [-0.39, 0.29) is 5.76 Å². The largest absolute Gasteiger partial charge is 0.494 e. The van der Waals surface area contributed by atoms with Crippen molar-refractivity contribution < 1.29 is 18.9 Å². The van der Waals surface area contributed by atoms with Gasteiger partial charge >= 0.3 is 5.88 Å². The predicted molar refractivity (Wildman–Crippen MR) is 66.4 cm³/mol. The minimum absolute atomic E-state index is 0.0594. The van der Waals surface area contributed by atoms with Crippen LogP contribution in [0.25, 0.3) is 0 Å². The lowest BCUT2D eigenvalue weighted by molar-refractivity contribution is -0.402. The van der Waals surface area contributed by atoms with E-state index in [0.29, 0.717) is 17.9 Å². The summed E-state index contributed by atoms with van der Waals surface area (Å²) in [6.45, 7) is 2.40. The Hall–Kier alpha value is -2.63. The van der Waals surface area contributed by atoms with Gasteiger partial charge in [0.25, 0.3) is 0 Å². The van der Waals surface area contributed by atoms with Crippen LogP contribution in [-0.2, 0) is 0 Å². The van der Waals surface area contributed by atoms with Crippen LogP contribution in [0.5, 0.6) is 5.75 Å². The average molecular weight is 261 g/mol. The fourth-order valence-corrected chi connectivity index (χ4v) is 1.56. The first kappa shape index (κ1) is 12.8. The van der Waals surface area contributed by atoms with E-state index >= 15 is 0 Å². The Morgan fingerprint density at radius 2 is 1.95 bits per heavy atom. The molecule has 0 N–H and O–H groups in total. The highest BCUT2D eigenvalue weighted by atomic mass is 16.6. The summed E-state index contributed by atoms with van der Waals surface area (Å²) in [6, 6.07) is 8.93. The molecule has 6 heteroatoms. The van der Waals surface area contributed by atoms with E-state index < -0.39 is 16.6 Å². The van der Waals surface area contributed by atoms with Crippen LogP contribution in [0.1, 0.15) is 23.0 Å². The minimum atomic E-state index is -0.686. The highest BCUT2D eigenvalue weighted by Gasteiger charge is 2.18. The van der Waals surface area contributed by atoms with Crippen molar-refractivity contribution in [2.24, 2.45) is 0 Å². The van der Waals surface area contributed by atoms with Crippen molar-refractivity contribution in [3.8, 4) is 5.75 Å². The summed E-state index contributed by atoms with van der Waals surface area (Å²) in [5.41, 5.74) is 0.382. The second-order valence-corrected chi connectivity index (χ2v) is 3.68. The highest BCUT2D eigenvalue weighted by molar-refractivity contribution is 6.07. The Labute approximate surface area is 108 Å². The number of furan rings is 1. The van der Waals surface area contributed by atoms with Crippen LogP contribution in [-0.4, -0.2) is 17.3 Å². The van der Waals surface area contributed by atoms with Crippen molar-refractivity contribution in [1.29, 1.82) is 0 Å². The Morgan fingerprint density at radius 1 is 1.26 bits per heavy atom. The van der Waals surface area contributed by atoms with Crippen LogP contribution in [0.3, 0.4) is 0 Å². The van der Waals surface area contributed by atoms with E-state index in [1.54, 1.807) is 24.3 Å². The number of nitro groups is 1. The lowest BCUT2D eigenvalue weighted by Gasteiger charge is -2.03. The van der Waals surface area contributed by atoms with Gasteiger partial charge in [-0.2, -0.15) is 0 Å². The summed E-state index contributed by atoms with van der Waals surface area (Å²) in [6.07, 6.45) is 0. The maximum absolute atomic E-state index is 12.0. The molecule has 0 aliphatic carbocycles. The van der Waals surface area contributed by atoms with Gasteiger partial charge in [-0.1, -0.05) is 0 Å². The van der Waals surface area contributed by atoms with Crippen LogP contribution < -0.4 is 4.74 Å². The maximum atomic E-state index is 12.0. The first-order valence-electron chi connectivity index (χ1n) is 5.63. The van der Waals surface area contributed by atoms with Crippen LogP contribution >= 0.6 is 0 Å². The standard InChI is InChI=1S/C13H11NO5/c1-2-18-10-5-3-9(4-6-10)13(15)11-7-8-12(19-11)14(16)17/h3-8H,2H2,1H3. The molecule has 0 aliphatic heterocycles. The normalized spacial score (nSPS) is 10.2. The van der Waals surface area contributed by atoms with Crippen LogP contribution in [0.2, 0.25) is 0 Å². The summed E-state index contributed by atoms with van der Waals surface area (Å²) in [5, 5.41) is 10.5. The molecular weight excluding hydrogens is 250 g/mol. The summed E-state index contributed by atoms with van der Waals surface area (Å²) in [5.74, 6) is -0.259. The summed E-state index contributed by atoms with van der Waals surface area (Å²) >= 11 is 0. The molecular formula is C13H11NO5. The number of rotatable bonds is 5. The quantitative estimate of drug-likeness (QED) is 0.469. The topological polar surface area (TPSA) is 82.6 Å². The molecule has 0 bridgehead atoms. The minimum Gasteiger partial charge on any atom is -0.494 e. The van der Waals surface area contributed by atoms with Gasteiger partial charge in [0.2, 0.25) is 5.78 Å². The van der Waals surface area contributed by atoms with Crippen molar-refractivity contribution in [2.45, 2.75) is 6.92 Å². The van der Waals surface area contributed by atoms with Gasteiger partial charge in [0.1, 0.15) is 10.7 Å². The number of ketones is 1. The number of nitrogens with zero attached hydrogens (tertiary/aromatic N) is 1. The highest BCUT2D eigenvalue weighted by Crippen LogP contribution is 2.20. The molecule has 0 atom stereocenters. The third-order valence-corrected chi connectivity index (χ3v) is 2.42. The van der Waals surface area contributed by atoms with Gasteiger partial charge in [-0.3, -0.25) is 14.9 Å². The molecule has 2 aromatic rings. The van der Waals surface area contributed by atoms with Crippen molar-refractivity contribution in [1.82, 2.24) is 0 Å². The average Bonchev–Trinajstić information content (AvgIpc) is 2.89. The number of carbonyl (C=O) groups is 1. The molecule has 98 valence electrons. The first-order valence-corrected chi connectivity index (χ1v) is 5.63. The molecule has 1 aromatic heterocycles. The number of ether oxygens (including phenoxy) is 1. The number of carbonyl (C=O) groups excluding carboxylic acids is 1. The molecule has 1 heterocycles. The fourth-order valence-electron chi connectivity index (χ4n) is 1.56. The number of hydrogen-bond acceptors (Lipinski definition) is 5. The zero-order valence-corrected chi connectivity index (χ0v) is 10.2. The molecule has 0 spiro atoms. The number of benzene rings is 1. The van der Waals surface area contributed by atoms with Crippen molar-refractivity contribution in [3.63, 3.8) is 0 Å². The second-order valence-electron chi connectivity index (χ2n) is 3.68. The van der Waals surface area contributed by atoms with E-state index in [4.69, 9.17) is 9.15 Å². The smallest absolute Gasteiger partial charge is 0.433 e. The van der Waals surface area contributed by atoms with Gasteiger partial charge in [-0.15, -0.1) is 0 Å².